The number of likely N-dealkylation sites (N-methyl/N-ethyl adjacent to an activating group) is 1. The molecule has 1 aliphatic heterocycles. The van der Waals surface area contributed by atoms with Gasteiger partial charge in [-0.3, -0.25) is 0 Å². The second-order valence-corrected chi connectivity index (χ2v) is 5.09. The quantitative estimate of drug-likeness (QED) is 0.814. The average Bonchev–Trinajstić information content (AvgIpc) is 2.38. The van der Waals surface area contributed by atoms with Gasteiger partial charge in [0.25, 0.3) is 0 Å². The molecule has 1 heterocycles. The Balaban J connectivity index is 2.00. The summed E-state index contributed by atoms with van der Waals surface area (Å²) in [5, 5.41) is 0. The number of benzene rings is 1. The zero-order valence-electron chi connectivity index (χ0n) is 11.7. The van der Waals surface area contributed by atoms with Gasteiger partial charge in [-0.25, -0.2) is 0 Å². The van der Waals surface area contributed by atoms with E-state index in [1.54, 1.807) is 0 Å². The molecule has 3 nitrogen and oxygen atoms in total. The first kappa shape index (κ1) is 13.2. The monoisotopic (exact) mass is 248 g/mol. The van der Waals surface area contributed by atoms with Crippen LogP contribution in [0.5, 0.6) is 5.75 Å². The summed E-state index contributed by atoms with van der Waals surface area (Å²) in [5.74, 6) is 0.973. The molecule has 0 aliphatic carbocycles. The zero-order valence-corrected chi connectivity index (χ0v) is 11.7. The fourth-order valence-electron chi connectivity index (χ4n) is 2.35. The number of hydrogen-bond acceptors (Lipinski definition) is 3. The molecule has 0 bridgehead atoms. The highest BCUT2D eigenvalue weighted by atomic mass is 16.5. The molecule has 0 aromatic heterocycles. The minimum atomic E-state index is 0.234. The third kappa shape index (κ3) is 3.39. The summed E-state index contributed by atoms with van der Waals surface area (Å²) in [6, 6.07) is 8.45. The van der Waals surface area contributed by atoms with Crippen LogP contribution in [0, 0.1) is 0 Å². The summed E-state index contributed by atoms with van der Waals surface area (Å²) in [4.78, 5) is 4.93. The van der Waals surface area contributed by atoms with E-state index in [-0.39, 0.29) is 6.10 Å². The Bertz CT molecular complexity index is 371. The second-order valence-electron chi connectivity index (χ2n) is 5.09. The number of piperazine rings is 1. The van der Waals surface area contributed by atoms with E-state index >= 15 is 0 Å². The van der Waals surface area contributed by atoms with Crippen molar-refractivity contribution in [2.24, 2.45) is 0 Å². The Morgan fingerprint density at radius 1 is 1.17 bits per heavy atom. The SMILES string of the molecule is CCN1CCN(c2cccc(OC(C)C)c2)CC1. The lowest BCUT2D eigenvalue weighted by Crippen LogP contribution is -2.46. The Labute approximate surface area is 110 Å². The molecular weight excluding hydrogens is 224 g/mol. The van der Waals surface area contributed by atoms with Gasteiger partial charge in [0.15, 0.2) is 0 Å². The van der Waals surface area contributed by atoms with Crippen LogP contribution in [0.15, 0.2) is 24.3 Å². The zero-order chi connectivity index (χ0) is 13.0. The van der Waals surface area contributed by atoms with Crippen molar-refractivity contribution in [2.45, 2.75) is 26.9 Å². The molecule has 2 rings (SSSR count). The van der Waals surface area contributed by atoms with Crippen molar-refractivity contribution in [3.05, 3.63) is 24.3 Å². The fraction of sp³-hybridized carbons (Fsp3) is 0.600. The predicted octanol–water partition coefficient (Wildman–Crippen LogP) is 2.62. The van der Waals surface area contributed by atoms with E-state index in [1.807, 2.05) is 6.07 Å². The van der Waals surface area contributed by atoms with Crippen LogP contribution in [0.25, 0.3) is 0 Å². The molecule has 0 amide bonds. The molecule has 1 aliphatic rings. The first-order valence-corrected chi connectivity index (χ1v) is 6.93. The first-order valence-electron chi connectivity index (χ1n) is 6.93. The van der Waals surface area contributed by atoms with Gasteiger partial charge in [0.1, 0.15) is 5.75 Å². The Morgan fingerprint density at radius 2 is 1.89 bits per heavy atom. The lowest BCUT2D eigenvalue weighted by molar-refractivity contribution is 0.242. The lowest BCUT2D eigenvalue weighted by Gasteiger charge is -2.35. The lowest BCUT2D eigenvalue weighted by atomic mass is 10.2. The fourth-order valence-corrected chi connectivity index (χ4v) is 2.35. The normalized spacial score (nSPS) is 17.2. The Morgan fingerprint density at radius 3 is 2.50 bits per heavy atom. The van der Waals surface area contributed by atoms with Gasteiger partial charge in [-0.05, 0) is 32.5 Å². The Kier molecular flexibility index (Phi) is 4.48. The van der Waals surface area contributed by atoms with E-state index in [0.717, 1.165) is 38.5 Å². The van der Waals surface area contributed by atoms with Crippen molar-refractivity contribution in [2.75, 3.05) is 37.6 Å². The molecule has 0 unspecified atom stereocenters. The van der Waals surface area contributed by atoms with Crippen molar-refractivity contribution in [1.29, 1.82) is 0 Å². The summed E-state index contributed by atoms with van der Waals surface area (Å²) in [7, 11) is 0. The molecule has 1 aromatic rings. The molecule has 100 valence electrons. The van der Waals surface area contributed by atoms with Crippen molar-refractivity contribution < 1.29 is 4.74 Å². The number of anilines is 1. The van der Waals surface area contributed by atoms with Gasteiger partial charge in [-0.2, -0.15) is 0 Å². The summed E-state index contributed by atoms with van der Waals surface area (Å²) in [5.41, 5.74) is 1.28. The topological polar surface area (TPSA) is 15.7 Å². The van der Waals surface area contributed by atoms with Gasteiger partial charge < -0.3 is 14.5 Å². The third-order valence-electron chi connectivity index (χ3n) is 3.37. The summed E-state index contributed by atoms with van der Waals surface area (Å²) < 4.78 is 5.75. The number of hydrogen-bond donors (Lipinski definition) is 0. The van der Waals surface area contributed by atoms with Gasteiger partial charge in [0.05, 0.1) is 6.10 Å². The van der Waals surface area contributed by atoms with Gasteiger partial charge in [-0.15, -0.1) is 0 Å². The number of rotatable bonds is 4. The van der Waals surface area contributed by atoms with E-state index in [1.165, 1.54) is 5.69 Å². The van der Waals surface area contributed by atoms with Crippen LogP contribution in [-0.4, -0.2) is 43.7 Å². The highest BCUT2D eigenvalue weighted by Crippen LogP contribution is 2.23. The number of ether oxygens (including phenoxy) is 1. The third-order valence-corrected chi connectivity index (χ3v) is 3.37. The highest BCUT2D eigenvalue weighted by molar-refractivity contribution is 5.51. The molecule has 0 spiro atoms. The average molecular weight is 248 g/mol. The van der Waals surface area contributed by atoms with E-state index in [0.29, 0.717) is 0 Å². The van der Waals surface area contributed by atoms with Crippen LogP contribution in [0.2, 0.25) is 0 Å². The largest absolute Gasteiger partial charge is 0.491 e. The molecule has 0 atom stereocenters. The minimum Gasteiger partial charge on any atom is -0.491 e. The van der Waals surface area contributed by atoms with Crippen LogP contribution >= 0.6 is 0 Å². The Hall–Kier alpha value is -1.22. The van der Waals surface area contributed by atoms with E-state index < -0.39 is 0 Å². The van der Waals surface area contributed by atoms with Gasteiger partial charge >= 0.3 is 0 Å². The molecule has 0 N–H and O–H groups in total. The summed E-state index contributed by atoms with van der Waals surface area (Å²) in [6.07, 6.45) is 0.234. The van der Waals surface area contributed by atoms with Gasteiger partial charge in [-0.1, -0.05) is 13.0 Å². The standard InChI is InChI=1S/C15H24N2O/c1-4-16-8-10-17(11-9-16)14-6-5-7-15(12-14)18-13(2)3/h5-7,12-13H,4,8-11H2,1-3H3. The first-order chi connectivity index (χ1) is 8.69. The summed E-state index contributed by atoms with van der Waals surface area (Å²) in [6.45, 7) is 12.0. The smallest absolute Gasteiger partial charge is 0.121 e. The van der Waals surface area contributed by atoms with Crippen molar-refractivity contribution >= 4 is 5.69 Å². The minimum absolute atomic E-state index is 0.234. The predicted molar refractivity (Wildman–Crippen MR) is 76.5 cm³/mol. The maximum atomic E-state index is 5.75. The van der Waals surface area contributed by atoms with E-state index in [2.05, 4.69) is 48.8 Å². The van der Waals surface area contributed by atoms with Crippen LogP contribution in [-0.2, 0) is 0 Å². The number of nitrogens with zero attached hydrogens (tertiary/aromatic N) is 2. The van der Waals surface area contributed by atoms with Crippen LogP contribution in [0.1, 0.15) is 20.8 Å². The van der Waals surface area contributed by atoms with Gasteiger partial charge in [0, 0.05) is 37.9 Å². The van der Waals surface area contributed by atoms with E-state index in [4.69, 9.17) is 4.74 Å². The molecule has 3 heteroatoms. The molecule has 0 saturated carbocycles. The van der Waals surface area contributed by atoms with Crippen LogP contribution in [0.4, 0.5) is 5.69 Å². The molecule has 1 aromatic carbocycles. The second kappa shape index (κ2) is 6.10. The van der Waals surface area contributed by atoms with Gasteiger partial charge in [0.2, 0.25) is 0 Å². The maximum absolute atomic E-state index is 5.75. The molecule has 1 saturated heterocycles. The highest BCUT2D eigenvalue weighted by Gasteiger charge is 2.16. The van der Waals surface area contributed by atoms with Crippen molar-refractivity contribution in [3.63, 3.8) is 0 Å². The molecule has 1 fully saturated rings. The maximum Gasteiger partial charge on any atom is 0.121 e. The molecular formula is C15H24N2O. The molecule has 0 radical (unpaired) electrons. The van der Waals surface area contributed by atoms with Crippen LogP contribution in [0.3, 0.4) is 0 Å². The summed E-state index contributed by atoms with van der Waals surface area (Å²) >= 11 is 0. The van der Waals surface area contributed by atoms with Crippen molar-refractivity contribution in [1.82, 2.24) is 4.90 Å². The van der Waals surface area contributed by atoms with Crippen LogP contribution < -0.4 is 9.64 Å². The molecule has 18 heavy (non-hydrogen) atoms. The van der Waals surface area contributed by atoms with Crippen molar-refractivity contribution in [3.8, 4) is 5.75 Å². The van der Waals surface area contributed by atoms with E-state index in [9.17, 15) is 0 Å².